The van der Waals surface area contributed by atoms with Gasteiger partial charge in [-0.15, -0.1) is 0 Å². The van der Waals surface area contributed by atoms with Crippen LogP contribution in [-0.4, -0.2) is 228 Å². The Balaban J connectivity index is 1.13. The molecular formula is C59H79IN2O23S3. The zero-order valence-corrected chi connectivity index (χ0v) is 55.4. The Morgan fingerprint density at radius 1 is 0.875 bits per heavy atom. The number of halogens is 1. The van der Waals surface area contributed by atoms with Gasteiger partial charge in [0.05, 0.1) is 97.8 Å². The fourth-order valence-corrected chi connectivity index (χ4v) is 14.8. The minimum Gasteiger partial charge on any atom is -0.492 e. The smallest absolute Gasteiger partial charge is 0.320 e. The molecule has 0 unspecified atom stereocenters. The maximum atomic E-state index is 14.5. The van der Waals surface area contributed by atoms with Crippen LogP contribution < -0.4 is 25.0 Å². The van der Waals surface area contributed by atoms with Crippen LogP contribution in [0.2, 0.25) is 0 Å². The number of aliphatic hydroxyl groups is 5. The molecule has 1 aromatic rings. The predicted octanol–water partition coefficient (Wildman–Crippen LogP) is 3.03. The highest BCUT2D eigenvalue weighted by molar-refractivity contribution is 14.1. The molecule has 0 saturated carbocycles. The molecule has 1 aromatic carbocycles. The van der Waals surface area contributed by atoms with Crippen LogP contribution >= 0.6 is 55.9 Å². The number of likely N-dealkylation sites (N-methyl/N-ethyl adjacent to an activating group) is 1. The van der Waals surface area contributed by atoms with Crippen molar-refractivity contribution in [3.63, 3.8) is 0 Å². The van der Waals surface area contributed by atoms with Gasteiger partial charge in [0.2, 0.25) is 17.2 Å². The van der Waals surface area contributed by atoms with Gasteiger partial charge in [0.1, 0.15) is 41.4 Å². The van der Waals surface area contributed by atoms with Gasteiger partial charge in [0.25, 0.3) is 0 Å². The second-order valence-corrected chi connectivity index (χ2v) is 27.2. The third kappa shape index (κ3) is 16.4. The van der Waals surface area contributed by atoms with Gasteiger partial charge in [0, 0.05) is 49.5 Å². The van der Waals surface area contributed by atoms with Crippen molar-refractivity contribution in [2.45, 2.75) is 194 Å². The highest BCUT2D eigenvalue weighted by Gasteiger charge is 2.52. The van der Waals surface area contributed by atoms with Crippen molar-refractivity contribution < 1.29 is 111 Å². The first kappa shape index (κ1) is 71.8. The van der Waals surface area contributed by atoms with E-state index in [1.165, 1.54) is 44.3 Å². The summed E-state index contributed by atoms with van der Waals surface area (Å²) in [6.45, 7) is 12.4. The molecule has 4 fully saturated rings. The Morgan fingerprint density at radius 3 is 2.23 bits per heavy atom. The van der Waals surface area contributed by atoms with E-state index in [1.807, 2.05) is 29.5 Å². The fraction of sp³-hybridized carbons (Fsp3) is 0.661. The molecule has 7 rings (SSSR count). The number of hydroxylamine groups is 1. The quantitative estimate of drug-likeness (QED) is 0.0184. The van der Waals surface area contributed by atoms with E-state index in [9.17, 15) is 49.8 Å². The van der Waals surface area contributed by atoms with Crippen LogP contribution in [0, 0.1) is 34.2 Å². The summed E-state index contributed by atoms with van der Waals surface area (Å²) in [5, 5.41) is 70.1. The van der Waals surface area contributed by atoms with Gasteiger partial charge < -0.3 is 92.8 Å². The van der Waals surface area contributed by atoms with Crippen molar-refractivity contribution in [3.8, 4) is 40.9 Å². The molecular weight excluding hydrogens is 1330 g/mol. The number of nitrogens with one attached hydrogen (secondary N) is 2. The molecule has 25 nitrogen and oxygen atoms in total. The molecule has 8 N–H and O–H groups in total. The number of aliphatic hydroxyl groups excluding tert-OH is 4. The number of esters is 1. The molecule has 4 aliphatic heterocycles. The first-order valence-electron chi connectivity index (χ1n) is 28.4. The predicted molar refractivity (Wildman–Crippen MR) is 329 cm³/mol. The third-order valence-corrected chi connectivity index (χ3v) is 21.4. The lowest BCUT2D eigenvalue weighted by Crippen LogP contribution is -2.65. The van der Waals surface area contributed by atoms with Crippen molar-refractivity contribution in [3.05, 3.63) is 49.6 Å². The van der Waals surface area contributed by atoms with Crippen LogP contribution in [0.5, 0.6) is 17.2 Å². The number of carboxylic acid groups (broad SMARTS) is 1. The number of carboxylic acids is 1. The summed E-state index contributed by atoms with van der Waals surface area (Å²) in [4.78, 5) is 59.9. The molecule has 0 spiro atoms. The van der Waals surface area contributed by atoms with Gasteiger partial charge in [-0.2, -0.15) is 5.48 Å². The number of aliphatic carboxylic acids is 1. The summed E-state index contributed by atoms with van der Waals surface area (Å²) in [7, 11) is 9.01. The van der Waals surface area contributed by atoms with E-state index in [-0.39, 0.29) is 70.8 Å². The second-order valence-electron chi connectivity index (χ2n) is 22.0. The number of ether oxygens (including phenoxy) is 12. The largest absolute Gasteiger partial charge is 0.492 e. The normalized spacial score (nSPS) is 35.0. The number of benzene rings is 1. The zero-order valence-electron chi connectivity index (χ0n) is 50.8. The average molecular weight is 1410 g/mol. The SMILES string of the molecule is CCN[C@H]1CO[C@@H](O[C@H]2[C@H](O[C@H]3C#C/C=C\C#C[C@]4(O)CC(=O)C(CC(=O)OC)=C3/C4=C\CSSC(C)(C)C(=O)O)O[C@H](C)[C@@H](NO[C@H]3C[C@H](O)[C@H](SC(=O)c4c(C)c(I)c(O[C@@H]5O[C@@H](C)[C@H](O)[C@@H](OC)[C@H]5O)c(OC)c4OC)[C@@H](C)O3)[C@@H]2O)C[C@@H]1OC. The number of rotatable bonds is 24. The van der Waals surface area contributed by atoms with E-state index < -0.39 is 150 Å². The van der Waals surface area contributed by atoms with Crippen LogP contribution in [0.3, 0.4) is 0 Å². The first-order chi connectivity index (χ1) is 41.8. The first-order valence-corrected chi connectivity index (χ1v) is 32.7. The van der Waals surface area contributed by atoms with Crippen LogP contribution in [-0.2, 0) is 61.9 Å². The molecule has 19 atom stereocenters. The number of fused-ring (bicyclic) bond motifs is 2. The van der Waals surface area contributed by atoms with E-state index in [0.717, 1.165) is 29.7 Å². The van der Waals surface area contributed by atoms with Crippen molar-refractivity contribution in [2.75, 3.05) is 54.5 Å². The van der Waals surface area contributed by atoms with Gasteiger partial charge in [-0.25, -0.2) is 0 Å². The summed E-state index contributed by atoms with van der Waals surface area (Å²) in [6, 6.07) is -1.33. The second kappa shape index (κ2) is 31.8. The standard InChI is InChI=1S/C59H79IN2O23S3/c1-13-61-33-26-78-39(24-37(33)73-8)83-51-46(67)44(28(3)80-56(51)82-36-18-16-14-15-17-20-59(72)25-35(64)31(22-38(65)74-9)42(36)32(59)19-21-86-88-58(6,7)57(70)71)62-85-40-23-34(63)53(30(5)79-40)87-54(69)41-27(2)43(60)49(52(77-12)48(41)75-10)84-55-47(68)50(76-11)45(66)29(4)81-55/h14-15,19,28-30,33-34,36-37,39-40,44-47,50-51,53,55-56,61-63,66-68,72H,13,21-26H2,1-12H3,(H,70,71)/b15-14-,32-19+/t28-,29+,30-,33+,34+,36+,37+,39+,40+,44-,45+,46+,47-,50-,51-,53-,55+,56+,59+/m1/s1. The molecule has 0 amide bonds. The number of allylic oxidation sites excluding steroid dienone is 2. The number of methoxy groups -OCH3 is 5. The summed E-state index contributed by atoms with van der Waals surface area (Å²) < 4.78 is 71.5. The Bertz CT molecular complexity index is 2900. The molecule has 4 heterocycles. The average Bonchev–Trinajstić information content (AvgIpc) is 1.00. The van der Waals surface area contributed by atoms with Gasteiger partial charge in [-0.1, -0.05) is 70.0 Å². The summed E-state index contributed by atoms with van der Waals surface area (Å²) in [5.41, 5.74) is 1.24. The van der Waals surface area contributed by atoms with Crippen molar-refractivity contribution in [2.24, 2.45) is 0 Å². The fourth-order valence-electron chi connectivity index (χ4n) is 10.8. The number of carbonyl (C=O) groups excluding carboxylic acids is 3. The monoisotopic (exact) mass is 1410 g/mol. The van der Waals surface area contributed by atoms with E-state index in [0.29, 0.717) is 15.7 Å². The molecule has 88 heavy (non-hydrogen) atoms. The van der Waals surface area contributed by atoms with Crippen molar-refractivity contribution >= 4 is 78.8 Å². The van der Waals surface area contributed by atoms with Gasteiger partial charge >= 0.3 is 11.9 Å². The minimum atomic E-state index is -2.15. The highest BCUT2D eigenvalue weighted by Crippen LogP contribution is 2.49. The van der Waals surface area contributed by atoms with E-state index in [1.54, 1.807) is 54.7 Å². The lowest BCUT2D eigenvalue weighted by Gasteiger charge is -2.46. The molecule has 29 heteroatoms. The Hall–Kier alpha value is -3.62. The van der Waals surface area contributed by atoms with Gasteiger partial charge in [-0.3, -0.25) is 24.0 Å². The molecule has 2 aliphatic carbocycles. The number of Topliss-reactive ketones (excluding diaryl/α,β-unsaturated/α-hetero) is 1. The van der Waals surface area contributed by atoms with Gasteiger partial charge in [-0.05, 0) is 88.4 Å². The Labute approximate surface area is 537 Å². The number of thioether (sulfide) groups is 1. The van der Waals surface area contributed by atoms with E-state index in [2.05, 4.69) is 34.5 Å². The number of hydrogen-bond acceptors (Lipinski definition) is 27. The van der Waals surface area contributed by atoms with Crippen LogP contribution in [0.15, 0.2) is 34.9 Å². The van der Waals surface area contributed by atoms with Crippen LogP contribution in [0.25, 0.3) is 0 Å². The number of hydrogen-bond donors (Lipinski definition) is 8. The van der Waals surface area contributed by atoms with E-state index >= 15 is 0 Å². The van der Waals surface area contributed by atoms with Crippen molar-refractivity contribution in [1.82, 2.24) is 10.8 Å². The lowest BCUT2D eigenvalue weighted by molar-refractivity contribution is -0.336. The minimum absolute atomic E-state index is 0.0145. The topological polar surface area (TPSA) is 334 Å². The Morgan fingerprint density at radius 2 is 1.58 bits per heavy atom. The van der Waals surface area contributed by atoms with E-state index in [4.69, 9.17) is 61.7 Å². The molecule has 488 valence electrons. The van der Waals surface area contributed by atoms with Crippen LogP contribution in [0.1, 0.15) is 83.1 Å². The summed E-state index contributed by atoms with van der Waals surface area (Å²) >= 11 is 2.80. The lowest BCUT2D eigenvalue weighted by atomic mass is 9.72. The molecule has 4 saturated heterocycles. The molecule has 6 aliphatic rings. The molecule has 0 radical (unpaired) electrons. The van der Waals surface area contributed by atoms with Gasteiger partial charge in [0.15, 0.2) is 41.8 Å². The third-order valence-electron chi connectivity index (χ3n) is 15.7. The highest BCUT2D eigenvalue weighted by atomic mass is 127. The Kier molecular flexibility index (Phi) is 26.0. The maximum absolute atomic E-state index is 14.5. The van der Waals surface area contributed by atoms with Crippen molar-refractivity contribution in [1.29, 1.82) is 0 Å². The van der Waals surface area contributed by atoms with Crippen LogP contribution in [0.4, 0.5) is 0 Å². The summed E-state index contributed by atoms with van der Waals surface area (Å²) in [5.74, 6) is 9.17. The molecule has 0 aromatic heterocycles. The number of ketones is 1. The maximum Gasteiger partial charge on any atom is 0.320 e. The number of carbonyl (C=O) groups is 4. The summed E-state index contributed by atoms with van der Waals surface area (Å²) in [6.07, 6.45) is -14.0. The molecule has 2 bridgehead atoms. The zero-order chi connectivity index (χ0) is 64.5.